The predicted molar refractivity (Wildman–Crippen MR) is 60.6 cm³/mol. The van der Waals surface area contributed by atoms with Gasteiger partial charge in [0.2, 0.25) is 5.91 Å². The standard InChI is InChI=1S/C12H22N2O/c1-2-14(11-4-3-5-11)12(15)8-10-6-7-13-9-10/h10-11,13H,2-9H2,1H3. The Morgan fingerprint density at radius 2 is 2.20 bits per heavy atom. The number of carbonyl (C=O) groups excluding carboxylic acids is 1. The fourth-order valence-corrected chi connectivity index (χ4v) is 2.59. The minimum absolute atomic E-state index is 0.385. The van der Waals surface area contributed by atoms with Crippen molar-refractivity contribution in [3.63, 3.8) is 0 Å². The third-order valence-electron chi connectivity index (χ3n) is 3.80. The molecular formula is C12H22N2O. The molecule has 0 spiro atoms. The van der Waals surface area contributed by atoms with Gasteiger partial charge in [0.15, 0.2) is 0 Å². The summed E-state index contributed by atoms with van der Waals surface area (Å²) in [4.78, 5) is 14.2. The second kappa shape index (κ2) is 4.97. The van der Waals surface area contributed by atoms with Crippen molar-refractivity contribution in [1.29, 1.82) is 0 Å². The van der Waals surface area contributed by atoms with Crippen LogP contribution < -0.4 is 5.32 Å². The third kappa shape index (κ3) is 2.51. The van der Waals surface area contributed by atoms with Gasteiger partial charge in [-0.1, -0.05) is 0 Å². The molecule has 1 aliphatic carbocycles. The van der Waals surface area contributed by atoms with Crippen LogP contribution in [0.2, 0.25) is 0 Å². The molecule has 2 rings (SSSR count). The first-order valence-electron chi connectivity index (χ1n) is 6.31. The van der Waals surface area contributed by atoms with Gasteiger partial charge in [-0.25, -0.2) is 0 Å². The molecular weight excluding hydrogens is 188 g/mol. The van der Waals surface area contributed by atoms with E-state index in [1.54, 1.807) is 0 Å². The smallest absolute Gasteiger partial charge is 0.223 e. The van der Waals surface area contributed by atoms with E-state index < -0.39 is 0 Å². The van der Waals surface area contributed by atoms with Gasteiger partial charge in [0.1, 0.15) is 0 Å². The summed E-state index contributed by atoms with van der Waals surface area (Å²) in [7, 11) is 0. The van der Waals surface area contributed by atoms with Gasteiger partial charge in [-0.15, -0.1) is 0 Å². The molecule has 1 atom stereocenters. The summed E-state index contributed by atoms with van der Waals surface area (Å²) in [5, 5.41) is 3.32. The summed E-state index contributed by atoms with van der Waals surface area (Å²) in [5.41, 5.74) is 0. The number of nitrogens with zero attached hydrogens (tertiary/aromatic N) is 1. The number of rotatable bonds is 4. The Morgan fingerprint density at radius 3 is 2.67 bits per heavy atom. The fraction of sp³-hybridized carbons (Fsp3) is 0.917. The molecule has 86 valence electrons. The van der Waals surface area contributed by atoms with E-state index in [1.165, 1.54) is 25.7 Å². The Bertz CT molecular complexity index is 220. The molecule has 3 heteroatoms. The molecule has 2 fully saturated rings. The first-order chi connectivity index (χ1) is 7.31. The van der Waals surface area contributed by atoms with E-state index in [0.29, 0.717) is 17.9 Å². The summed E-state index contributed by atoms with van der Waals surface area (Å²) >= 11 is 0. The number of carbonyl (C=O) groups is 1. The van der Waals surface area contributed by atoms with Gasteiger partial charge in [-0.05, 0) is 51.6 Å². The van der Waals surface area contributed by atoms with Gasteiger partial charge < -0.3 is 10.2 Å². The molecule has 1 amide bonds. The zero-order valence-electron chi connectivity index (χ0n) is 9.67. The Hall–Kier alpha value is -0.570. The van der Waals surface area contributed by atoms with E-state index in [1.807, 2.05) is 0 Å². The molecule has 2 aliphatic rings. The molecule has 0 bridgehead atoms. The van der Waals surface area contributed by atoms with Crippen LogP contribution in [0.4, 0.5) is 0 Å². The first-order valence-corrected chi connectivity index (χ1v) is 6.31. The molecule has 0 aromatic carbocycles. The van der Waals surface area contributed by atoms with Gasteiger partial charge in [0, 0.05) is 19.0 Å². The largest absolute Gasteiger partial charge is 0.340 e. The topological polar surface area (TPSA) is 32.3 Å². The van der Waals surface area contributed by atoms with Crippen molar-refractivity contribution in [3.05, 3.63) is 0 Å². The van der Waals surface area contributed by atoms with Crippen LogP contribution in [0.15, 0.2) is 0 Å². The second-order valence-electron chi connectivity index (χ2n) is 4.83. The maximum Gasteiger partial charge on any atom is 0.223 e. The summed E-state index contributed by atoms with van der Waals surface area (Å²) in [6.07, 6.45) is 5.69. The molecule has 1 unspecified atom stereocenters. The quantitative estimate of drug-likeness (QED) is 0.760. The monoisotopic (exact) mass is 210 g/mol. The molecule has 0 aromatic heterocycles. The van der Waals surface area contributed by atoms with Crippen LogP contribution in [0, 0.1) is 5.92 Å². The summed E-state index contributed by atoms with van der Waals surface area (Å²) in [6, 6.07) is 0.567. The van der Waals surface area contributed by atoms with Gasteiger partial charge >= 0.3 is 0 Å². The second-order valence-corrected chi connectivity index (χ2v) is 4.83. The maximum atomic E-state index is 12.1. The van der Waals surface area contributed by atoms with Gasteiger partial charge in [0.05, 0.1) is 0 Å². The number of hydrogen-bond acceptors (Lipinski definition) is 2. The molecule has 15 heavy (non-hydrogen) atoms. The van der Waals surface area contributed by atoms with Crippen LogP contribution in [-0.2, 0) is 4.79 Å². The molecule has 1 aliphatic heterocycles. The van der Waals surface area contributed by atoms with E-state index >= 15 is 0 Å². The SMILES string of the molecule is CCN(C(=O)CC1CCNC1)C1CCC1. The van der Waals surface area contributed by atoms with Crippen molar-refractivity contribution >= 4 is 5.91 Å². The lowest BCUT2D eigenvalue weighted by atomic mass is 9.90. The van der Waals surface area contributed by atoms with Crippen molar-refractivity contribution in [3.8, 4) is 0 Å². The highest BCUT2D eigenvalue weighted by atomic mass is 16.2. The van der Waals surface area contributed by atoms with Crippen LogP contribution in [-0.4, -0.2) is 36.5 Å². The molecule has 1 saturated carbocycles. The molecule has 3 nitrogen and oxygen atoms in total. The van der Waals surface area contributed by atoms with E-state index in [-0.39, 0.29) is 0 Å². The average Bonchev–Trinajstić information content (AvgIpc) is 2.63. The lowest BCUT2D eigenvalue weighted by Crippen LogP contribution is -2.44. The highest BCUT2D eigenvalue weighted by molar-refractivity contribution is 5.77. The van der Waals surface area contributed by atoms with Crippen molar-refractivity contribution in [1.82, 2.24) is 10.2 Å². The minimum atomic E-state index is 0.385. The fourth-order valence-electron chi connectivity index (χ4n) is 2.59. The molecule has 1 saturated heterocycles. The zero-order valence-corrected chi connectivity index (χ0v) is 9.67. The molecule has 0 radical (unpaired) electrons. The predicted octanol–water partition coefficient (Wildman–Crippen LogP) is 1.39. The van der Waals surface area contributed by atoms with E-state index in [9.17, 15) is 4.79 Å². The van der Waals surface area contributed by atoms with E-state index in [0.717, 1.165) is 26.1 Å². The Balaban J connectivity index is 1.81. The van der Waals surface area contributed by atoms with Crippen LogP contribution in [0.5, 0.6) is 0 Å². The van der Waals surface area contributed by atoms with Crippen LogP contribution >= 0.6 is 0 Å². The normalized spacial score (nSPS) is 26.3. The summed E-state index contributed by atoms with van der Waals surface area (Å²) in [6.45, 7) is 5.12. The van der Waals surface area contributed by atoms with Crippen molar-refractivity contribution < 1.29 is 4.79 Å². The highest BCUT2D eigenvalue weighted by Gasteiger charge is 2.29. The lowest BCUT2D eigenvalue weighted by molar-refractivity contribution is -0.135. The lowest BCUT2D eigenvalue weighted by Gasteiger charge is -2.37. The number of amides is 1. The maximum absolute atomic E-state index is 12.1. The number of hydrogen-bond donors (Lipinski definition) is 1. The van der Waals surface area contributed by atoms with Gasteiger partial charge in [-0.3, -0.25) is 4.79 Å². The molecule has 1 N–H and O–H groups in total. The summed E-state index contributed by atoms with van der Waals surface area (Å²) in [5.74, 6) is 0.975. The van der Waals surface area contributed by atoms with Crippen molar-refractivity contribution in [2.24, 2.45) is 5.92 Å². The first kappa shape index (κ1) is 10.9. The van der Waals surface area contributed by atoms with Crippen LogP contribution in [0.25, 0.3) is 0 Å². The van der Waals surface area contributed by atoms with Crippen LogP contribution in [0.3, 0.4) is 0 Å². The van der Waals surface area contributed by atoms with Crippen LogP contribution in [0.1, 0.15) is 39.0 Å². The molecule has 0 aromatic rings. The minimum Gasteiger partial charge on any atom is -0.340 e. The van der Waals surface area contributed by atoms with E-state index in [2.05, 4.69) is 17.1 Å². The van der Waals surface area contributed by atoms with Crippen molar-refractivity contribution in [2.75, 3.05) is 19.6 Å². The Morgan fingerprint density at radius 1 is 1.40 bits per heavy atom. The average molecular weight is 210 g/mol. The Labute approximate surface area is 92.2 Å². The summed E-state index contributed by atoms with van der Waals surface area (Å²) < 4.78 is 0. The molecule has 1 heterocycles. The van der Waals surface area contributed by atoms with Crippen molar-refractivity contribution in [2.45, 2.75) is 45.1 Å². The number of nitrogens with one attached hydrogen (secondary N) is 1. The highest BCUT2D eigenvalue weighted by Crippen LogP contribution is 2.26. The Kier molecular flexibility index (Phi) is 3.62. The van der Waals surface area contributed by atoms with E-state index in [4.69, 9.17) is 0 Å². The zero-order chi connectivity index (χ0) is 10.7. The third-order valence-corrected chi connectivity index (χ3v) is 3.80. The van der Waals surface area contributed by atoms with Gasteiger partial charge in [-0.2, -0.15) is 0 Å². The van der Waals surface area contributed by atoms with Gasteiger partial charge in [0.25, 0.3) is 0 Å².